The second-order valence-electron chi connectivity index (χ2n) is 4.03. The molecule has 6 heteroatoms. The Morgan fingerprint density at radius 1 is 1.00 bits per heavy atom. The third kappa shape index (κ3) is 2.65. The fourth-order valence-electron chi connectivity index (χ4n) is 2.02. The van der Waals surface area contributed by atoms with Crippen molar-refractivity contribution in [2.75, 3.05) is 0 Å². The van der Waals surface area contributed by atoms with Gasteiger partial charge in [0.1, 0.15) is 0 Å². The summed E-state index contributed by atoms with van der Waals surface area (Å²) in [6.45, 7) is 0. The lowest BCUT2D eigenvalue weighted by Gasteiger charge is -2.14. The Kier molecular flexibility index (Phi) is 3.32. The van der Waals surface area contributed by atoms with E-state index in [1.165, 1.54) is 6.07 Å². The highest BCUT2D eigenvalue weighted by atomic mass is 19.4. The molecule has 2 aromatic carbocycles. The van der Waals surface area contributed by atoms with Gasteiger partial charge in [-0.15, -0.1) is 0 Å². The van der Waals surface area contributed by atoms with Gasteiger partial charge in [0.15, 0.2) is 0 Å². The van der Waals surface area contributed by atoms with Crippen LogP contribution >= 0.6 is 0 Å². The van der Waals surface area contributed by atoms with Crippen molar-refractivity contribution in [3.05, 3.63) is 42.0 Å². The molecule has 2 nitrogen and oxygen atoms in total. The molecule has 0 aliphatic heterocycles. The van der Waals surface area contributed by atoms with E-state index in [-0.39, 0.29) is 11.0 Å². The smallest absolute Gasteiger partial charge is 0.423 e. The molecule has 0 aromatic heterocycles. The summed E-state index contributed by atoms with van der Waals surface area (Å²) in [5.74, 6) is 0. The number of halogens is 3. The molecular formula is C12H10BF3O2. The molecule has 0 saturated heterocycles. The zero-order valence-corrected chi connectivity index (χ0v) is 9.28. The van der Waals surface area contributed by atoms with Gasteiger partial charge in [-0.25, -0.2) is 0 Å². The second-order valence-corrected chi connectivity index (χ2v) is 4.03. The summed E-state index contributed by atoms with van der Waals surface area (Å²) in [6.07, 6.45) is -5.56. The molecule has 0 unspecified atom stereocenters. The lowest BCUT2D eigenvalue weighted by Crippen LogP contribution is -2.35. The van der Waals surface area contributed by atoms with E-state index in [9.17, 15) is 23.2 Å². The molecule has 0 bridgehead atoms. The van der Waals surface area contributed by atoms with Crippen LogP contribution in [-0.4, -0.2) is 23.3 Å². The number of alkyl halides is 3. The predicted molar refractivity (Wildman–Crippen MR) is 63.5 cm³/mol. The predicted octanol–water partition coefficient (Wildman–Crippen LogP) is 1.62. The van der Waals surface area contributed by atoms with Crippen LogP contribution in [0.4, 0.5) is 13.2 Å². The van der Waals surface area contributed by atoms with E-state index in [4.69, 9.17) is 0 Å². The van der Waals surface area contributed by atoms with E-state index in [0.29, 0.717) is 10.8 Å². The zero-order chi connectivity index (χ0) is 13.3. The first-order valence-corrected chi connectivity index (χ1v) is 5.32. The number of hydrogen-bond donors (Lipinski definition) is 2. The lowest BCUT2D eigenvalue weighted by atomic mass is 9.73. The summed E-state index contributed by atoms with van der Waals surface area (Å²) in [6, 6.07) is 9.49. The van der Waals surface area contributed by atoms with Gasteiger partial charge in [-0.2, -0.15) is 13.2 Å². The lowest BCUT2D eigenvalue weighted by molar-refractivity contribution is -0.127. The molecule has 2 N–H and O–H groups in total. The van der Waals surface area contributed by atoms with Crippen molar-refractivity contribution >= 4 is 23.4 Å². The Morgan fingerprint density at radius 2 is 1.67 bits per heavy atom. The van der Waals surface area contributed by atoms with Crippen molar-refractivity contribution in [1.29, 1.82) is 0 Å². The summed E-state index contributed by atoms with van der Waals surface area (Å²) in [5.41, 5.74) is -0.193. The number of fused-ring (bicyclic) bond motifs is 1. The Bertz CT molecular complexity index is 567. The minimum Gasteiger partial charge on any atom is -0.423 e. The average Bonchev–Trinajstić information content (AvgIpc) is 2.26. The van der Waals surface area contributed by atoms with Gasteiger partial charge >= 0.3 is 13.3 Å². The van der Waals surface area contributed by atoms with Crippen LogP contribution < -0.4 is 5.46 Å². The van der Waals surface area contributed by atoms with Crippen molar-refractivity contribution in [1.82, 2.24) is 0 Å². The maximum atomic E-state index is 12.4. The standard InChI is InChI=1S/C12H10BF3O2/c14-12(15,16)7-9-6-5-8-3-1-2-4-10(8)11(9)13(17)18/h1-6,17-18H,7H2. The van der Waals surface area contributed by atoms with Gasteiger partial charge in [-0.1, -0.05) is 36.4 Å². The van der Waals surface area contributed by atoms with Gasteiger partial charge in [0.2, 0.25) is 0 Å². The largest absolute Gasteiger partial charge is 0.489 e. The molecule has 0 aliphatic carbocycles. The second kappa shape index (κ2) is 4.63. The highest BCUT2D eigenvalue weighted by Crippen LogP contribution is 2.23. The summed E-state index contributed by atoms with van der Waals surface area (Å²) in [5, 5.41) is 19.7. The molecule has 0 atom stereocenters. The molecule has 0 radical (unpaired) electrons. The number of benzene rings is 2. The molecule has 2 rings (SSSR count). The molecule has 0 fully saturated rings. The minimum absolute atomic E-state index is 0.0783. The molecule has 94 valence electrons. The monoisotopic (exact) mass is 254 g/mol. The van der Waals surface area contributed by atoms with Crippen LogP contribution in [0, 0.1) is 0 Å². The summed E-state index contributed by atoms with van der Waals surface area (Å²) < 4.78 is 37.3. The van der Waals surface area contributed by atoms with Gasteiger partial charge in [0, 0.05) is 0 Å². The topological polar surface area (TPSA) is 40.5 Å². The van der Waals surface area contributed by atoms with Gasteiger partial charge in [-0.3, -0.25) is 0 Å². The van der Waals surface area contributed by atoms with E-state index in [1.807, 2.05) is 0 Å². The number of rotatable bonds is 2. The van der Waals surface area contributed by atoms with Crippen molar-refractivity contribution in [2.45, 2.75) is 12.6 Å². The first kappa shape index (κ1) is 12.9. The third-order valence-electron chi connectivity index (χ3n) is 2.71. The molecule has 0 spiro atoms. The molecular weight excluding hydrogens is 244 g/mol. The van der Waals surface area contributed by atoms with E-state index >= 15 is 0 Å². The van der Waals surface area contributed by atoms with Crippen molar-refractivity contribution in [2.24, 2.45) is 0 Å². The number of hydrogen-bond acceptors (Lipinski definition) is 2. The zero-order valence-electron chi connectivity index (χ0n) is 9.28. The highest BCUT2D eigenvalue weighted by molar-refractivity contribution is 6.62. The van der Waals surface area contributed by atoms with Crippen LogP contribution in [0.25, 0.3) is 10.8 Å². The summed E-state index contributed by atoms with van der Waals surface area (Å²) in [4.78, 5) is 0. The normalized spacial score (nSPS) is 11.8. The summed E-state index contributed by atoms with van der Waals surface area (Å²) >= 11 is 0. The Labute approximate surface area is 102 Å². The Hall–Kier alpha value is -1.53. The molecule has 2 aromatic rings. The highest BCUT2D eigenvalue weighted by Gasteiger charge is 2.31. The van der Waals surface area contributed by atoms with Crippen LogP contribution in [0.1, 0.15) is 5.56 Å². The minimum atomic E-state index is -4.38. The van der Waals surface area contributed by atoms with Crippen LogP contribution in [0.15, 0.2) is 36.4 Å². The maximum absolute atomic E-state index is 12.4. The van der Waals surface area contributed by atoms with Crippen LogP contribution in [0.5, 0.6) is 0 Å². The molecule has 0 heterocycles. The van der Waals surface area contributed by atoms with Crippen molar-refractivity contribution in [3.63, 3.8) is 0 Å². The van der Waals surface area contributed by atoms with Crippen molar-refractivity contribution in [3.8, 4) is 0 Å². The Morgan fingerprint density at radius 3 is 2.28 bits per heavy atom. The quantitative estimate of drug-likeness (QED) is 0.799. The van der Waals surface area contributed by atoms with E-state index in [0.717, 1.165) is 0 Å². The fourth-order valence-corrected chi connectivity index (χ4v) is 2.02. The van der Waals surface area contributed by atoms with Crippen LogP contribution in [-0.2, 0) is 6.42 Å². The maximum Gasteiger partial charge on any atom is 0.489 e. The van der Waals surface area contributed by atoms with E-state index < -0.39 is 19.7 Å². The van der Waals surface area contributed by atoms with Gasteiger partial charge in [-0.05, 0) is 21.8 Å². The van der Waals surface area contributed by atoms with Gasteiger partial charge in [0.05, 0.1) is 6.42 Å². The molecule has 0 amide bonds. The molecule has 0 aliphatic rings. The fraction of sp³-hybridized carbons (Fsp3) is 0.167. The van der Waals surface area contributed by atoms with Gasteiger partial charge < -0.3 is 10.0 Å². The van der Waals surface area contributed by atoms with E-state index in [1.54, 1.807) is 30.3 Å². The SMILES string of the molecule is OB(O)c1c(CC(F)(F)F)ccc2ccccc12. The summed E-state index contributed by atoms with van der Waals surface area (Å²) in [7, 11) is -1.92. The molecule has 18 heavy (non-hydrogen) atoms. The first-order chi connectivity index (χ1) is 8.38. The Balaban J connectivity index is 2.63. The van der Waals surface area contributed by atoms with Gasteiger partial charge in [0.25, 0.3) is 0 Å². The van der Waals surface area contributed by atoms with Crippen molar-refractivity contribution < 1.29 is 23.2 Å². The molecule has 0 saturated carbocycles. The van der Waals surface area contributed by atoms with E-state index in [2.05, 4.69) is 0 Å². The third-order valence-corrected chi connectivity index (χ3v) is 2.71. The van der Waals surface area contributed by atoms with Crippen LogP contribution in [0.3, 0.4) is 0 Å². The first-order valence-electron chi connectivity index (χ1n) is 5.32. The average molecular weight is 254 g/mol. The van der Waals surface area contributed by atoms with Crippen LogP contribution in [0.2, 0.25) is 0 Å².